The Labute approximate surface area is 266 Å². The number of nitrogens with zero attached hydrogens (tertiary/aromatic N) is 6. The lowest BCUT2D eigenvalue weighted by molar-refractivity contribution is 0.0977. The van der Waals surface area contributed by atoms with Crippen molar-refractivity contribution in [1.82, 2.24) is 29.2 Å². The molecule has 4 aromatic rings. The number of carbonyl (C=O) groups is 1. The maximum absolute atomic E-state index is 14.1. The van der Waals surface area contributed by atoms with Crippen molar-refractivity contribution in [3.63, 3.8) is 0 Å². The molecule has 4 heterocycles. The number of carbonyl (C=O) groups excluding carboxylic acids is 1. The number of hydrogen-bond acceptors (Lipinski definition) is 10. The molecule has 0 spiro atoms. The highest BCUT2D eigenvalue weighted by Crippen LogP contribution is 2.39. The number of nitrogens with one attached hydrogen (secondary N) is 2. The molecule has 0 unspecified atom stereocenters. The van der Waals surface area contributed by atoms with Crippen LogP contribution in [0.25, 0.3) is 10.9 Å². The van der Waals surface area contributed by atoms with Gasteiger partial charge in [-0.25, -0.2) is 33.1 Å². The third-order valence-electron chi connectivity index (χ3n) is 8.32. The molecule has 2 N–H and O–H groups in total. The second-order valence-electron chi connectivity index (χ2n) is 12.0. The summed E-state index contributed by atoms with van der Waals surface area (Å²) in [7, 11) is -3.83. The Morgan fingerprint density at radius 3 is 2.38 bits per heavy atom. The lowest BCUT2D eigenvalue weighted by Gasteiger charge is -2.34. The van der Waals surface area contributed by atoms with Gasteiger partial charge in [0.05, 0.1) is 28.9 Å². The minimum Gasteiger partial charge on any atom is -0.377 e. The van der Waals surface area contributed by atoms with Crippen LogP contribution in [-0.2, 0) is 10.0 Å². The molecule has 236 valence electrons. The van der Waals surface area contributed by atoms with Gasteiger partial charge in [0, 0.05) is 37.1 Å². The Kier molecular flexibility index (Phi) is 8.25. The minimum absolute atomic E-state index is 0.0402. The first-order valence-electron chi connectivity index (χ1n) is 14.9. The fourth-order valence-electron chi connectivity index (χ4n) is 5.96. The average Bonchev–Trinajstić information content (AvgIpc) is 3.83. The van der Waals surface area contributed by atoms with Gasteiger partial charge in [-0.15, -0.1) is 0 Å². The zero-order valence-electron chi connectivity index (χ0n) is 25.5. The van der Waals surface area contributed by atoms with Crippen molar-refractivity contribution in [2.75, 3.05) is 29.6 Å². The summed E-state index contributed by atoms with van der Waals surface area (Å²) in [5, 5.41) is 3.86. The first-order chi connectivity index (χ1) is 21.4. The maximum Gasteiger partial charge on any atom is 0.285 e. The van der Waals surface area contributed by atoms with Crippen LogP contribution in [0, 0.1) is 13.8 Å². The number of pyridine rings is 1. The van der Waals surface area contributed by atoms with E-state index in [4.69, 9.17) is 16.6 Å². The predicted octanol–water partition coefficient (Wildman–Crippen LogP) is 4.43. The molecular weight excluding hydrogens is 616 g/mol. The zero-order valence-corrected chi connectivity index (χ0v) is 27.1. The van der Waals surface area contributed by atoms with Crippen molar-refractivity contribution >= 4 is 50.1 Å². The summed E-state index contributed by atoms with van der Waals surface area (Å²) in [6, 6.07) is 6.62. The highest BCUT2D eigenvalue weighted by Gasteiger charge is 2.33. The van der Waals surface area contributed by atoms with Crippen molar-refractivity contribution in [1.29, 1.82) is 0 Å². The Hall–Kier alpha value is -4.10. The molecule has 3 aromatic heterocycles. The topological polar surface area (TPSA) is 152 Å². The van der Waals surface area contributed by atoms with Gasteiger partial charge in [0.25, 0.3) is 11.5 Å². The van der Waals surface area contributed by atoms with Crippen LogP contribution in [0.4, 0.5) is 11.6 Å². The summed E-state index contributed by atoms with van der Waals surface area (Å²) in [4.78, 5) is 47.1. The summed E-state index contributed by atoms with van der Waals surface area (Å²) < 4.78 is 27.3. The standard InChI is InChI=1S/C31H35ClN8O4S/c1-17-13-23(18(2)35-25-7-8-26(32)36-28(25)29(41)38-45(4,43)44)27-24(14-17)30(42)40(22-5-6-22)31(37-27)39-11-9-20(10-12-39)21-15-33-19(3)34-16-21/h7-8,13-16,18,20,22,35H,5-6,9-12H2,1-4H3,(H,38,41)/t18-/m1/s1. The highest BCUT2D eigenvalue weighted by atomic mass is 35.5. The van der Waals surface area contributed by atoms with Crippen molar-refractivity contribution < 1.29 is 13.2 Å². The number of piperidine rings is 1. The predicted molar refractivity (Wildman–Crippen MR) is 174 cm³/mol. The first-order valence-corrected chi connectivity index (χ1v) is 17.2. The van der Waals surface area contributed by atoms with Crippen molar-refractivity contribution in [2.24, 2.45) is 0 Å². The fourth-order valence-corrected chi connectivity index (χ4v) is 6.54. The van der Waals surface area contributed by atoms with E-state index >= 15 is 0 Å². The number of sulfonamides is 1. The number of benzene rings is 1. The molecule has 1 amide bonds. The second-order valence-corrected chi connectivity index (χ2v) is 14.1. The molecule has 0 bridgehead atoms. The molecular formula is C31H35ClN8O4S. The van der Waals surface area contributed by atoms with Crippen LogP contribution in [0.5, 0.6) is 0 Å². The molecule has 0 radical (unpaired) electrons. The maximum atomic E-state index is 14.1. The van der Waals surface area contributed by atoms with Gasteiger partial charge in [0.2, 0.25) is 16.0 Å². The number of rotatable bonds is 8. The Balaban J connectivity index is 1.36. The first kappa shape index (κ1) is 30.9. The van der Waals surface area contributed by atoms with Crippen LogP contribution in [0.2, 0.25) is 5.15 Å². The van der Waals surface area contributed by atoms with Crippen LogP contribution in [0.15, 0.2) is 41.5 Å². The number of aryl methyl sites for hydroxylation is 2. The van der Waals surface area contributed by atoms with Gasteiger partial charge in [0.15, 0.2) is 5.69 Å². The van der Waals surface area contributed by atoms with Gasteiger partial charge in [-0.2, -0.15) is 0 Å². The molecule has 6 rings (SSSR count). The lowest BCUT2D eigenvalue weighted by Crippen LogP contribution is -2.38. The third kappa shape index (κ3) is 6.64. The van der Waals surface area contributed by atoms with E-state index in [1.807, 2.05) is 54.6 Å². The molecule has 14 heteroatoms. The summed E-state index contributed by atoms with van der Waals surface area (Å²) in [5.41, 5.74) is 3.43. The van der Waals surface area contributed by atoms with E-state index in [0.717, 1.165) is 67.5 Å². The summed E-state index contributed by atoms with van der Waals surface area (Å²) in [5.74, 6) is 0.859. The molecule has 45 heavy (non-hydrogen) atoms. The van der Waals surface area contributed by atoms with Crippen LogP contribution >= 0.6 is 11.6 Å². The number of aromatic nitrogens is 5. The van der Waals surface area contributed by atoms with Gasteiger partial charge in [-0.3, -0.25) is 14.2 Å². The summed E-state index contributed by atoms with van der Waals surface area (Å²) >= 11 is 6.06. The van der Waals surface area contributed by atoms with Crippen LogP contribution in [0.3, 0.4) is 0 Å². The Morgan fingerprint density at radius 1 is 1.04 bits per heavy atom. The van der Waals surface area contributed by atoms with Crippen LogP contribution in [0.1, 0.15) is 83.6 Å². The van der Waals surface area contributed by atoms with Crippen LogP contribution < -0.4 is 20.5 Å². The molecule has 1 saturated heterocycles. The molecule has 12 nitrogen and oxygen atoms in total. The number of halogens is 1. The monoisotopic (exact) mass is 650 g/mol. The van der Waals surface area contributed by atoms with Crippen molar-refractivity contribution in [3.8, 4) is 0 Å². The smallest absolute Gasteiger partial charge is 0.285 e. The van der Waals surface area contributed by atoms with Gasteiger partial charge in [-0.1, -0.05) is 17.7 Å². The SMILES string of the molecule is Cc1cc([C@@H](C)Nc2ccc(Cl)nc2C(=O)NS(C)(=O)=O)c2nc(N3CCC(c4cnc(C)nc4)CC3)n(C3CC3)c(=O)c2c1. The van der Waals surface area contributed by atoms with E-state index in [1.165, 1.54) is 6.07 Å². The number of amides is 1. The van der Waals surface area contributed by atoms with Crippen LogP contribution in [-0.4, -0.2) is 58.2 Å². The quantitative estimate of drug-likeness (QED) is 0.262. The molecule has 2 aliphatic rings. The zero-order chi connectivity index (χ0) is 32.0. The number of hydrogen-bond donors (Lipinski definition) is 2. The number of anilines is 2. The summed E-state index contributed by atoms with van der Waals surface area (Å²) in [6.07, 6.45) is 8.38. The largest absolute Gasteiger partial charge is 0.377 e. The Morgan fingerprint density at radius 2 is 1.73 bits per heavy atom. The molecule has 1 aliphatic carbocycles. The van der Waals surface area contributed by atoms with E-state index in [9.17, 15) is 18.0 Å². The molecule has 1 atom stereocenters. The highest BCUT2D eigenvalue weighted by molar-refractivity contribution is 7.89. The van der Waals surface area contributed by atoms with Gasteiger partial charge in [-0.05, 0) is 81.7 Å². The lowest BCUT2D eigenvalue weighted by atomic mass is 9.91. The van der Waals surface area contributed by atoms with Gasteiger partial charge >= 0.3 is 0 Å². The Bertz CT molecular complexity index is 1950. The second kappa shape index (κ2) is 12.0. The van der Waals surface area contributed by atoms with Crippen molar-refractivity contribution in [3.05, 3.63) is 80.4 Å². The number of fused-ring (bicyclic) bond motifs is 1. The fraction of sp³-hybridized carbons (Fsp3) is 0.419. The minimum atomic E-state index is -3.83. The van der Waals surface area contributed by atoms with Gasteiger partial charge in [0.1, 0.15) is 11.0 Å². The van der Waals surface area contributed by atoms with E-state index in [-0.39, 0.29) is 28.1 Å². The van der Waals surface area contributed by atoms with E-state index in [1.54, 1.807) is 6.07 Å². The summed E-state index contributed by atoms with van der Waals surface area (Å²) in [6.45, 7) is 7.19. The van der Waals surface area contributed by atoms with Gasteiger partial charge < -0.3 is 10.2 Å². The van der Waals surface area contributed by atoms with Crippen molar-refractivity contribution in [2.45, 2.75) is 64.5 Å². The van der Waals surface area contributed by atoms with E-state index in [2.05, 4.69) is 25.2 Å². The molecule has 1 aromatic carbocycles. The third-order valence-corrected chi connectivity index (χ3v) is 9.08. The molecule has 1 aliphatic heterocycles. The molecule has 1 saturated carbocycles. The van der Waals surface area contributed by atoms with E-state index < -0.39 is 22.0 Å². The normalized spacial score (nSPS) is 16.5. The van der Waals surface area contributed by atoms with E-state index in [0.29, 0.717) is 22.8 Å². The molecule has 2 fully saturated rings. The average molecular weight is 651 g/mol.